The molecule has 1 N–H and O–H groups in total. The van der Waals surface area contributed by atoms with Crippen LogP contribution in [-0.2, 0) is 13.2 Å². The third-order valence-corrected chi connectivity index (χ3v) is 5.50. The standard InChI is InChI=1S/C24H24Cl2FNO2/c1-4-29-23-10-18(13-28-20-8-5-15(2)16(3)9-20)22(26)12-24(23)30-14-17-6-7-19(27)11-21(17)25/h5-12,28H,4,13-14H2,1-3H3. The van der Waals surface area contributed by atoms with E-state index in [1.807, 2.05) is 19.1 Å². The van der Waals surface area contributed by atoms with Gasteiger partial charge in [0.1, 0.15) is 12.4 Å². The molecular weight excluding hydrogens is 424 g/mol. The number of aryl methyl sites for hydroxylation is 2. The number of hydrogen-bond donors (Lipinski definition) is 1. The van der Waals surface area contributed by atoms with Crippen LogP contribution < -0.4 is 14.8 Å². The Labute approximate surface area is 186 Å². The molecule has 0 spiro atoms. The average Bonchev–Trinajstić information content (AvgIpc) is 2.70. The molecule has 0 fully saturated rings. The minimum Gasteiger partial charge on any atom is -0.490 e. The maximum absolute atomic E-state index is 13.2. The topological polar surface area (TPSA) is 30.5 Å². The highest BCUT2D eigenvalue weighted by Crippen LogP contribution is 2.35. The Morgan fingerprint density at radius 2 is 1.57 bits per heavy atom. The molecule has 0 aromatic heterocycles. The quantitative estimate of drug-likeness (QED) is 0.391. The number of hydrogen-bond acceptors (Lipinski definition) is 3. The molecule has 3 nitrogen and oxygen atoms in total. The molecular formula is C24H24Cl2FNO2. The summed E-state index contributed by atoms with van der Waals surface area (Å²) < 4.78 is 24.9. The Morgan fingerprint density at radius 3 is 2.27 bits per heavy atom. The highest BCUT2D eigenvalue weighted by atomic mass is 35.5. The lowest BCUT2D eigenvalue weighted by atomic mass is 10.1. The van der Waals surface area contributed by atoms with Crippen LogP contribution in [0.1, 0.15) is 29.2 Å². The van der Waals surface area contributed by atoms with Crippen LogP contribution in [0.25, 0.3) is 0 Å². The Kier molecular flexibility index (Phi) is 7.46. The predicted molar refractivity (Wildman–Crippen MR) is 122 cm³/mol. The molecule has 0 aliphatic heterocycles. The number of ether oxygens (including phenoxy) is 2. The van der Waals surface area contributed by atoms with Gasteiger partial charge >= 0.3 is 0 Å². The molecule has 3 rings (SSSR count). The number of benzene rings is 3. The van der Waals surface area contributed by atoms with Gasteiger partial charge in [0.2, 0.25) is 0 Å². The van der Waals surface area contributed by atoms with E-state index < -0.39 is 0 Å². The summed E-state index contributed by atoms with van der Waals surface area (Å²) in [5, 5.41) is 4.27. The summed E-state index contributed by atoms with van der Waals surface area (Å²) in [6, 6.07) is 14.1. The minimum absolute atomic E-state index is 0.176. The molecule has 0 saturated carbocycles. The average molecular weight is 448 g/mol. The van der Waals surface area contributed by atoms with E-state index in [1.165, 1.54) is 23.3 Å². The van der Waals surface area contributed by atoms with Crippen LogP contribution in [0.2, 0.25) is 10.0 Å². The largest absolute Gasteiger partial charge is 0.490 e. The first kappa shape index (κ1) is 22.3. The Bertz CT molecular complexity index is 1040. The van der Waals surface area contributed by atoms with Crippen molar-refractivity contribution in [3.8, 4) is 11.5 Å². The van der Waals surface area contributed by atoms with Crippen molar-refractivity contribution in [2.45, 2.75) is 33.9 Å². The van der Waals surface area contributed by atoms with Gasteiger partial charge in [0.15, 0.2) is 11.5 Å². The van der Waals surface area contributed by atoms with Crippen molar-refractivity contribution in [3.63, 3.8) is 0 Å². The first-order valence-corrected chi connectivity index (χ1v) is 10.5. The monoisotopic (exact) mass is 447 g/mol. The summed E-state index contributed by atoms with van der Waals surface area (Å²) in [4.78, 5) is 0. The normalized spacial score (nSPS) is 10.7. The zero-order valence-electron chi connectivity index (χ0n) is 17.2. The fraction of sp³-hybridized carbons (Fsp3) is 0.250. The first-order valence-electron chi connectivity index (χ1n) is 9.70. The number of anilines is 1. The van der Waals surface area contributed by atoms with Gasteiger partial charge in [0, 0.05) is 28.9 Å². The lowest BCUT2D eigenvalue weighted by molar-refractivity contribution is 0.269. The molecule has 3 aromatic rings. The molecule has 158 valence electrons. The summed E-state index contributed by atoms with van der Waals surface area (Å²) in [6.07, 6.45) is 0. The van der Waals surface area contributed by atoms with E-state index >= 15 is 0 Å². The molecule has 0 atom stereocenters. The smallest absolute Gasteiger partial charge is 0.163 e. The highest BCUT2D eigenvalue weighted by Gasteiger charge is 2.13. The molecule has 0 unspecified atom stereocenters. The summed E-state index contributed by atoms with van der Waals surface area (Å²) >= 11 is 12.6. The minimum atomic E-state index is -0.387. The first-order chi connectivity index (χ1) is 14.4. The van der Waals surface area contributed by atoms with E-state index in [1.54, 1.807) is 12.1 Å². The number of rotatable bonds is 8. The van der Waals surface area contributed by atoms with Crippen LogP contribution >= 0.6 is 23.2 Å². The highest BCUT2D eigenvalue weighted by molar-refractivity contribution is 6.31. The summed E-state index contributed by atoms with van der Waals surface area (Å²) in [5.41, 5.74) is 5.07. The zero-order chi connectivity index (χ0) is 21.7. The fourth-order valence-corrected chi connectivity index (χ4v) is 3.38. The molecule has 30 heavy (non-hydrogen) atoms. The van der Waals surface area contributed by atoms with Crippen molar-refractivity contribution in [2.24, 2.45) is 0 Å². The predicted octanol–water partition coefficient (Wildman–Crippen LogP) is 7.34. The van der Waals surface area contributed by atoms with Gasteiger partial charge in [-0.25, -0.2) is 4.39 Å². The molecule has 0 aliphatic rings. The van der Waals surface area contributed by atoms with Crippen molar-refractivity contribution >= 4 is 28.9 Å². The van der Waals surface area contributed by atoms with E-state index in [2.05, 4.69) is 31.3 Å². The second kappa shape index (κ2) is 10.1. The van der Waals surface area contributed by atoms with Crippen molar-refractivity contribution in [2.75, 3.05) is 11.9 Å². The Balaban J connectivity index is 1.76. The van der Waals surface area contributed by atoms with Gasteiger partial charge in [0.05, 0.1) is 11.6 Å². The molecule has 0 saturated heterocycles. The second-order valence-corrected chi connectivity index (χ2v) is 7.81. The van der Waals surface area contributed by atoms with Gasteiger partial charge in [0.25, 0.3) is 0 Å². The van der Waals surface area contributed by atoms with E-state index in [4.69, 9.17) is 32.7 Å². The SMILES string of the molecule is CCOc1cc(CNc2ccc(C)c(C)c2)c(Cl)cc1OCc1ccc(F)cc1Cl. The second-order valence-electron chi connectivity index (χ2n) is 7.00. The van der Waals surface area contributed by atoms with Crippen molar-refractivity contribution in [1.29, 1.82) is 0 Å². The lowest BCUT2D eigenvalue weighted by Crippen LogP contribution is -2.04. The summed E-state index contributed by atoms with van der Waals surface area (Å²) in [6.45, 7) is 7.28. The van der Waals surface area contributed by atoms with E-state index in [0.717, 1.165) is 11.3 Å². The maximum atomic E-state index is 13.2. The fourth-order valence-electron chi connectivity index (χ4n) is 2.94. The van der Waals surface area contributed by atoms with E-state index in [0.29, 0.717) is 40.3 Å². The zero-order valence-corrected chi connectivity index (χ0v) is 18.7. The molecule has 6 heteroatoms. The van der Waals surface area contributed by atoms with E-state index in [9.17, 15) is 4.39 Å². The van der Waals surface area contributed by atoms with Crippen LogP contribution in [-0.4, -0.2) is 6.61 Å². The summed E-state index contributed by atoms with van der Waals surface area (Å²) in [7, 11) is 0. The molecule has 0 radical (unpaired) electrons. The molecule has 0 bridgehead atoms. The van der Waals surface area contributed by atoms with Gasteiger partial charge in [-0.1, -0.05) is 35.3 Å². The van der Waals surface area contributed by atoms with Gasteiger partial charge in [-0.2, -0.15) is 0 Å². The lowest BCUT2D eigenvalue weighted by Gasteiger charge is -2.16. The molecule has 0 heterocycles. The summed E-state index contributed by atoms with van der Waals surface area (Å²) in [5.74, 6) is 0.719. The van der Waals surface area contributed by atoms with Gasteiger partial charge in [-0.15, -0.1) is 0 Å². The third-order valence-electron chi connectivity index (χ3n) is 4.80. The van der Waals surface area contributed by atoms with Crippen LogP contribution in [0, 0.1) is 19.7 Å². The molecule has 0 aliphatic carbocycles. The van der Waals surface area contributed by atoms with Crippen molar-refractivity contribution in [1.82, 2.24) is 0 Å². The number of halogens is 3. The van der Waals surface area contributed by atoms with Gasteiger partial charge in [-0.3, -0.25) is 0 Å². The Morgan fingerprint density at radius 1 is 0.833 bits per heavy atom. The van der Waals surface area contributed by atoms with Gasteiger partial charge in [-0.05, 0) is 67.8 Å². The molecule has 0 amide bonds. The van der Waals surface area contributed by atoms with E-state index in [-0.39, 0.29) is 12.4 Å². The van der Waals surface area contributed by atoms with Crippen LogP contribution in [0.4, 0.5) is 10.1 Å². The molecule has 3 aromatic carbocycles. The number of nitrogens with one attached hydrogen (secondary N) is 1. The third kappa shape index (κ3) is 5.59. The van der Waals surface area contributed by atoms with Crippen LogP contribution in [0.3, 0.4) is 0 Å². The van der Waals surface area contributed by atoms with Crippen molar-refractivity contribution < 1.29 is 13.9 Å². The van der Waals surface area contributed by atoms with Crippen LogP contribution in [0.15, 0.2) is 48.5 Å². The van der Waals surface area contributed by atoms with Crippen molar-refractivity contribution in [3.05, 3.63) is 86.6 Å². The van der Waals surface area contributed by atoms with Crippen LogP contribution in [0.5, 0.6) is 11.5 Å². The Hall–Kier alpha value is -2.43. The maximum Gasteiger partial charge on any atom is 0.163 e. The van der Waals surface area contributed by atoms with Gasteiger partial charge < -0.3 is 14.8 Å².